The highest BCUT2D eigenvalue weighted by Gasteiger charge is 2.12. The van der Waals surface area contributed by atoms with Crippen LogP contribution in [0.15, 0.2) is 18.3 Å². The van der Waals surface area contributed by atoms with Gasteiger partial charge in [0.25, 0.3) is 0 Å². The number of nitrogens with zero attached hydrogens (tertiary/aromatic N) is 4. The Morgan fingerprint density at radius 1 is 1.41 bits per heavy atom. The van der Waals surface area contributed by atoms with Crippen LogP contribution >= 0.6 is 0 Å². The van der Waals surface area contributed by atoms with Gasteiger partial charge in [0.1, 0.15) is 11.8 Å². The van der Waals surface area contributed by atoms with E-state index in [2.05, 4.69) is 33.4 Å². The molecule has 90 valence electrons. The zero-order chi connectivity index (χ0) is 12.1. The zero-order valence-corrected chi connectivity index (χ0v) is 10.1. The minimum atomic E-state index is 0.475. The fraction of sp³-hybridized carbons (Fsp3) is 0.500. The van der Waals surface area contributed by atoms with E-state index < -0.39 is 0 Å². The molecule has 1 aromatic rings. The number of nitriles is 1. The first-order valence-corrected chi connectivity index (χ1v) is 5.80. The van der Waals surface area contributed by atoms with Crippen LogP contribution in [0.25, 0.3) is 0 Å². The van der Waals surface area contributed by atoms with Crippen LogP contribution in [0, 0.1) is 11.3 Å². The van der Waals surface area contributed by atoms with E-state index in [4.69, 9.17) is 5.26 Å². The summed E-state index contributed by atoms with van der Waals surface area (Å²) < 4.78 is 0. The second-order valence-corrected chi connectivity index (χ2v) is 4.29. The van der Waals surface area contributed by atoms with E-state index in [9.17, 15) is 0 Å². The molecule has 0 unspecified atom stereocenters. The molecule has 1 saturated heterocycles. The minimum absolute atomic E-state index is 0.475. The molecule has 1 fully saturated rings. The number of rotatable bonds is 3. The number of likely N-dealkylation sites (N-methyl/N-ethyl adjacent to an activating group) is 1. The molecule has 0 aromatic carbocycles. The van der Waals surface area contributed by atoms with Crippen molar-refractivity contribution in [1.29, 1.82) is 5.26 Å². The highest BCUT2D eigenvalue weighted by atomic mass is 15.5. The van der Waals surface area contributed by atoms with Crippen LogP contribution in [0.5, 0.6) is 0 Å². The summed E-state index contributed by atoms with van der Waals surface area (Å²) in [5.41, 5.74) is 4.95. The van der Waals surface area contributed by atoms with E-state index in [0.717, 1.165) is 38.3 Å². The second-order valence-electron chi connectivity index (χ2n) is 4.29. The molecule has 2 rings (SSSR count). The Morgan fingerprint density at radius 3 is 2.88 bits per heavy atom. The zero-order valence-electron chi connectivity index (χ0n) is 10.1. The quantitative estimate of drug-likeness (QED) is 0.805. The number of nitrogens with one attached hydrogen (secondary N) is 1. The summed E-state index contributed by atoms with van der Waals surface area (Å²) in [5, 5.41) is 11.0. The third kappa shape index (κ3) is 3.49. The van der Waals surface area contributed by atoms with Gasteiger partial charge in [0, 0.05) is 38.9 Å². The number of hydrogen-bond donors (Lipinski definition) is 1. The normalized spacial score (nSPS) is 17.9. The molecule has 0 radical (unpaired) electrons. The molecule has 0 spiro atoms. The molecule has 0 amide bonds. The smallest absolute Gasteiger partial charge is 0.140 e. The Morgan fingerprint density at radius 2 is 2.18 bits per heavy atom. The lowest BCUT2D eigenvalue weighted by atomic mass is 10.2. The fourth-order valence-corrected chi connectivity index (χ4v) is 1.81. The van der Waals surface area contributed by atoms with Gasteiger partial charge >= 0.3 is 0 Å². The van der Waals surface area contributed by atoms with Crippen LogP contribution in [0.2, 0.25) is 0 Å². The molecular formula is C12H17N5. The molecular weight excluding hydrogens is 214 g/mol. The van der Waals surface area contributed by atoms with Crippen molar-refractivity contribution in [3.8, 4) is 6.07 Å². The van der Waals surface area contributed by atoms with Crippen LogP contribution in [0.4, 0.5) is 0 Å². The standard InChI is InChI=1S/C12H17N5/c1-16-4-6-17(7-5-16)15-10-11-2-3-14-12(8-11)9-13/h2-3,8,15H,4-7,10H2,1H3. The van der Waals surface area contributed by atoms with Crippen molar-refractivity contribution in [2.75, 3.05) is 33.2 Å². The first-order valence-electron chi connectivity index (χ1n) is 5.80. The second kappa shape index (κ2) is 5.73. The summed E-state index contributed by atoms with van der Waals surface area (Å²) in [6.07, 6.45) is 1.68. The van der Waals surface area contributed by atoms with E-state index in [1.54, 1.807) is 6.20 Å². The van der Waals surface area contributed by atoms with E-state index in [-0.39, 0.29) is 0 Å². The van der Waals surface area contributed by atoms with Crippen molar-refractivity contribution in [3.05, 3.63) is 29.6 Å². The van der Waals surface area contributed by atoms with Gasteiger partial charge in [0.2, 0.25) is 0 Å². The van der Waals surface area contributed by atoms with Crippen molar-refractivity contribution < 1.29 is 0 Å². The van der Waals surface area contributed by atoms with Gasteiger partial charge in [-0.15, -0.1) is 0 Å². The average molecular weight is 231 g/mol. The maximum atomic E-state index is 8.76. The lowest BCUT2D eigenvalue weighted by Gasteiger charge is -2.32. The molecule has 2 heterocycles. The molecule has 1 N–H and O–H groups in total. The van der Waals surface area contributed by atoms with Gasteiger partial charge in [0.05, 0.1) is 0 Å². The average Bonchev–Trinajstić information content (AvgIpc) is 2.38. The van der Waals surface area contributed by atoms with Crippen molar-refractivity contribution >= 4 is 0 Å². The van der Waals surface area contributed by atoms with Crippen LogP contribution < -0.4 is 5.43 Å². The Labute approximate surface area is 102 Å². The summed E-state index contributed by atoms with van der Waals surface area (Å²) in [6, 6.07) is 5.81. The number of pyridine rings is 1. The van der Waals surface area contributed by atoms with Crippen molar-refractivity contribution in [3.63, 3.8) is 0 Å². The number of aromatic nitrogens is 1. The summed E-state index contributed by atoms with van der Waals surface area (Å²) in [7, 11) is 2.14. The van der Waals surface area contributed by atoms with Crippen molar-refractivity contribution in [1.82, 2.24) is 20.3 Å². The van der Waals surface area contributed by atoms with Gasteiger partial charge in [-0.1, -0.05) is 0 Å². The van der Waals surface area contributed by atoms with E-state index in [1.807, 2.05) is 12.1 Å². The summed E-state index contributed by atoms with van der Waals surface area (Å²) in [6.45, 7) is 5.00. The topological polar surface area (TPSA) is 55.2 Å². The molecule has 17 heavy (non-hydrogen) atoms. The minimum Gasteiger partial charge on any atom is -0.304 e. The Bertz CT molecular complexity index is 404. The van der Waals surface area contributed by atoms with Crippen LogP contribution in [0.3, 0.4) is 0 Å². The Kier molecular flexibility index (Phi) is 4.04. The lowest BCUT2D eigenvalue weighted by Crippen LogP contribution is -2.50. The molecule has 0 bridgehead atoms. The highest BCUT2D eigenvalue weighted by molar-refractivity contribution is 5.25. The van der Waals surface area contributed by atoms with Gasteiger partial charge in [-0.3, -0.25) is 5.43 Å². The molecule has 5 heteroatoms. The van der Waals surface area contributed by atoms with Gasteiger partial charge in [-0.05, 0) is 24.7 Å². The van der Waals surface area contributed by atoms with E-state index >= 15 is 0 Å². The Hall–Kier alpha value is -1.48. The summed E-state index contributed by atoms with van der Waals surface area (Å²) in [5.74, 6) is 0. The summed E-state index contributed by atoms with van der Waals surface area (Å²) >= 11 is 0. The maximum Gasteiger partial charge on any atom is 0.140 e. The monoisotopic (exact) mass is 231 g/mol. The van der Waals surface area contributed by atoms with Crippen molar-refractivity contribution in [2.24, 2.45) is 0 Å². The third-order valence-corrected chi connectivity index (χ3v) is 2.95. The number of piperazine rings is 1. The van der Waals surface area contributed by atoms with Gasteiger partial charge < -0.3 is 4.90 Å². The van der Waals surface area contributed by atoms with E-state index in [0.29, 0.717) is 5.69 Å². The SMILES string of the molecule is CN1CCN(NCc2ccnc(C#N)c2)CC1. The first-order chi connectivity index (χ1) is 8.28. The number of hydrazine groups is 1. The van der Waals surface area contributed by atoms with Crippen LogP contribution in [-0.2, 0) is 6.54 Å². The fourth-order valence-electron chi connectivity index (χ4n) is 1.81. The lowest BCUT2D eigenvalue weighted by molar-refractivity contribution is 0.102. The molecule has 1 aliphatic rings. The van der Waals surface area contributed by atoms with Gasteiger partial charge in [-0.25, -0.2) is 9.99 Å². The number of hydrogen-bond acceptors (Lipinski definition) is 5. The summed E-state index contributed by atoms with van der Waals surface area (Å²) in [4.78, 5) is 6.27. The molecule has 0 aliphatic carbocycles. The third-order valence-electron chi connectivity index (χ3n) is 2.95. The predicted molar refractivity (Wildman–Crippen MR) is 64.9 cm³/mol. The highest BCUT2D eigenvalue weighted by Crippen LogP contribution is 2.02. The van der Waals surface area contributed by atoms with Crippen LogP contribution in [0.1, 0.15) is 11.3 Å². The van der Waals surface area contributed by atoms with E-state index in [1.165, 1.54) is 0 Å². The maximum absolute atomic E-state index is 8.76. The van der Waals surface area contributed by atoms with Gasteiger partial charge in [-0.2, -0.15) is 5.26 Å². The predicted octanol–water partition coefficient (Wildman–Crippen LogP) is 0.205. The molecule has 1 aromatic heterocycles. The van der Waals surface area contributed by atoms with Crippen molar-refractivity contribution in [2.45, 2.75) is 6.54 Å². The van der Waals surface area contributed by atoms with Gasteiger partial charge in [0.15, 0.2) is 0 Å². The van der Waals surface area contributed by atoms with Crippen LogP contribution in [-0.4, -0.2) is 48.1 Å². The first kappa shape index (κ1) is 12.0. The molecule has 0 saturated carbocycles. The molecule has 1 aliphatic heterocycles. The molecule has 0 atom stereocenters. The Balaban J connectivity index is 1.83. The molecule has 5 nitrogen and oxygen atoms in total. The largest absolute Gasteiger partial charge is 0.304 e.